The number of benzene rings is 1. The van der Waals surface area contributed by atoms with Crippen LogP contribution in [0, 0.1) is 6.92 Å². The van der Waals surface area contributed by atoms with Gasteiger partial charge in [0, 0.05) is 17.3 Å². The van der Waals surface area contributed by atoms with Gasteiger partial charge in [0.25, 0.3) is 0 Å². The predicted octanol–water partition coefficient (Wildman–Crippen LogP) is 2.70. The van der Waals surface area contributed by atoms with Crippen LogP contribution >= 0.6 is 0 Å². The number of hydrogen-bond donors (Lipinski definition) is 2. The smallest absolute Gasteiger partial charge is 0.143 e. The highest BCUT2D eigenvalue weighted by molar-refractivity contribution is 5.67. The van der Waals surface area contributed by atoms with Gasteiger partial charge in [0.15, 0.2) is 0 Å². The number of aromatic nitrogens is 1. The molecule has 0 bridgehead atoms. The summed E-state index contributed by atoms with van der Waals surface area (Å²) in [5.41, 5.74) is 2.67. The van der Waals surface area contributed by atoms with Gasteiger partial charge in [-0.3, -0.25) is 0 Å². The molecule has 0 aliphatic carbocycles. The minimum absolute atomic E-state index is 0.339. The first-order chi connectivity index (χ1) is 6.29. The van der Waals surface area contributed by atoms with Crippen molar-refractivity contribution in [3.05, 3.63) is 42.1 Å². The summed E-state index contributed by atoms with van der Waals surface area (Å²) in [5, 5.41) is 9.66. The minimum atomic E-state index is 0.339. The molecule has 0 unspecified atom stereocenters. The number of aromatic amines is 1. The van der Waals surface area contributed by atoms with E-state index in [2.05, 4.69) is 4.98 Å². The van der Waals surface area contributed by atoms with E-state index in [9.17, 15) is 5.11 Å². The molecule has 2 nitrogen and oxygen atoms in total. The van der Waals surface area contributed by atoms with Crippen molar-refractivity contribution in [2.75, 3.05) is 0 Å². The van der Waals surface area contributed by atoms with Crippen LogP contribution in [0.1, 0.15) is 5.56 Å². The second-order valence-corrected chi connectivity index (χ2v) is 3.06. The molecule has 0 atom stereocenters. The fraction of sp³-hybridized carbons (Fsp3) is 0.0909. The molecular weight excluding hydrogens is 162 g/mol. The maximum Gasteiger partial charge on any atom is 0.143 e. The SMILES string of the molecule is Cc1c[nH]c(-c2ccccc2)c1O. The Morgan fingerprint density at radius 2 is 1.85 bits per heavy atom. The van der Waals surface area contributed by atoms with Crippen molar-refractivity contribution >= 4 is 0 Å². The quantitative estimate of drug-likeness (QED) is 0.683. The summed E-state index contributed by atoms with van der Waals surface area (Å²) in [6.45, 7) is 1.87. The molecule has 13 heavy (non-hydrogen) atoms. The Bertz CT molecular complexity index is 403. The van der Waals surface area contributed by atoms with Crippen molar-refractivity contribution < 1.29 is 5.11 Å². The third kappa shape index (κ3) is 1.31. The van der Waals surface area contributed by atoms with Gasteiger partial charge in [-0.2, -0.15) is 0 Å². The highest BCUT2D eigenvalue weighted by Gasteiger charge is 2.07. The molecule has 2 heteroatoms. The molecule has 2 N–H and O–H groups in total. The van der Waals surface area contributed by atoms with Gasteiger partial charge in [0.2, 0.25) is 0 Å². The van der Waals surface area contributed by atoms with E-state index in [0.29, 0.717) is 5.75 Å². The van der Waals surface area contributed by atoms with E-state index in [0.717, 1.165) is 16.8 Å². The minimum Gasteiger partial charge on any atom is -0.505 e. The van der Waals surface area contributed by atoms with Crippen molar-refractivity contribution in [2.24, 2.45) is 0 Å². The van der Waals surface area contributed by atoms with Gasteiger partial charge in [0.05, 0.1) is 5.69 Å². The predicted molar refractivity (Wildman–Crippen MR) is 52.6 cm³/mol. The van der Waals surface area contributed by atoms with E-state index in [1.807, 2.05) is 37.3 Å². The molecule has 0 spiro atoms. The van der Waals surface area contributed by atoms with E-state index in [-0.39, 0.29) is 0 Å². The molecule has 66 valence electrons. The Morgan fingerprint density at radius 3 is 2.38 bits per heavy atom. The van der Waals surface area contributed by atoms with Crippen LogP contribution in [0.25, 0.3) is 11.3 Å². The maximum atomic E-state index is 9.66. The molecule has 2 aromatic rings. The Hall–Kier alpha value is -1.70. The van der Waals surface area contributed by atoms with Gasteiger partial charge in [-0.15, -0.1) is 0 Å². The topological polar surface area (TPSA) is 36.0 Å². The fourth-order valence-corrected chi connectivity index (χ4v) is 1.34. The van der Waals surface area contributed by atoms with E-state index in [1.165, 1.54) is 0 Å². The first-order valence-electron chi connectivity index (χ1n) is 4.21. The zero-order chi connectivity index (χ0) is 9.26. The second kappa shape index (κ2) is 2.98. The standard InChI is InChI=1S/C11H11NO/c1-8-7-12-10(11(8)13)9-5-3-2-4-6-9/h2-7,12-13H,1H3. The molecule has 0 saturated heterocycles. The highest BCUT2D eigenvalue weighted by Crippen LogP contribution is 2.30. The molecule has 1 aromatic carbocycles. The van der Waals surface area contributed by atoms with Crippen molar-refractivity contribution in [1.82, 2.24) is 4.98 Å². The number of aryl methyl sites for hydroxylation is 1. The number of H-pyrrole nitrogens is 1. The number of rotatable bonds is 1. The zero-order valence-electron chi connectivity index (χ0n) is 7.41. The summed E-state index contributed by atoms with van der Waals surface area (Å²) in [4.78, 5) is 3.04. The summed E-state index contributed by atoms with van der Waals surface area (Å²) in [6.07, 6.45) is 1.80. The Morgan fingerprint density at radius 1 is 1.15 bits per heavy atom. The average Bonchev–Trinajstić information content (AvgIpc) is 2.49. The van der Waals surface area contributed by atoms with E-state index >= 15 is 0 Å². The first-order valence-corrected chi connectivity index (χ1v) is 4.21. The lowest BCUT2D eigenvalue weighted by Gasteiger charge is -1.98. The Kier molecular flexibility index (Phi) is 1.81. The Balaban J connectivity index is 2.53. The summed E-state index contributed by atoms with van der Waals surface area (Å²) < 4.78 is 0. The average molecular weight is 173 g/mol. The molecule has 0 saturated carbocycles. The van der Waals surface area contributed by atoms with Gasteiger partial charge in [-0.25, -0.2) is 0 Å². The first kappa shape index (κ1) is 7.92. The Labute approximate surface area is 76.9 Å². The lowest BCUT2D eigenvalue weighted by Crippen LogP contribution is -1.75. The summed E-state index contributed by atoms with van der Waals surface area (Å²) >= 11 is 0. The van der Waals surface area contributed by atoms with Crippen LogP contribution in [-0.4, -0.2) is 10.1 Å². The van der Waals surface area contributed by atoms with Crippen LogP contribution in [-0.2, 0) is 0 Å². The zero-order valence-corrected chi connectivity index (χ0v) is 7.41. The van der Waals surface area contributed by atoms with Crippen molar-refractivity contribution in [2.45, 2.75) is 6.92 Å². The summed E-state index contributed by atoms with van der Waals surface area (Å²) in [7, 11) is 0. The van der Waals surface area contributed by atoms with Crippen LogP contribution in [0.4, 0.5) is 0 Å². The molecule has 1 aromatic heterocycles. The largest absolute Gasteiger partial charge is 0.505 e. The summed E-state index contributed by atoms with van der Waals surface area (Å²) in [5.74, 6) is 0.339. The lowest BCUT2D eigenvalue weighted by molar-refractivity contribution is 0.474. The number of hydrogen-bond acceptors (Lipinski definition) is 1. The molecule has 0 amide bonds. The van der Waals surface area contributed by atoms with E-state index in [4.69, 9.17) is 0 Å². The van der Waals surface area contributed by atoms with Crippen molar-refractivity contribution in [1.29, 1.82) is 0 Å². The summed E-state index contributed by atoms with van der Waals surface area (Å²) in [6, 6.07) is 9.78. The molecule has 1 heterocycles. The molecular formula is C11H11NO. The molecule has 0 aliphatic heterocycles. The number of nitrogens with one attached hydrogen (secondary N) is 1. The van der Waals surface area contributed by atoms with Gasteiger partial charge in [-0.05, 0) is 6.92 Å². The highest BCUT2D eigenvalue weighted by atomic mass is 16.3. The van der Waals surface area contributed by atoms with Crippen LogP contribution in [0.15, 0.2) is 36.5 Å². The van der Waals surface area contributed by atoms with Crippen LogP contribution in [0.5, 0.6) is 5.75 Å². The normalized spacial score (nSPS) is 10.2. The molecule has 0 fully saturated rings. The third-order valence-electron chi connectivity index (χ3n) is 2.11. The van der Waals surface area contributed by atoms with E-state index < -0.39 is 0 Å². The lowest BCUT2D eigenvalue weighted by atomic mass is 10.1. The van der Waals surface area contributed by atoms with Gasteiger partial charge in [-0.1, -0.05) is 30.3 Å². The van der Waals surface area contributed by atoms with Gasteiger partial charge in [0.1, 0.15) is 5.75 Å². The molecule has 2 rings (SSSR count). The van der Waals surface area contributed by atoms with E-state index in [1.54, 1.807) is 6.20 Å². The second-order valence-electron chi connectivity index (χ2n) is 3.06. The van der Waals surface area contributed by atoms with Gasteiger partial charge >= 0.3 is 0 Å². The van der Waals surface area contributed by atoms with Crippen LogP contribution < -0.4 is 0 Å². The van der Waals surface area contributed by atoms with Gasteiger partial charge < -0.3 is 10.1 Å². The van der Waals surface area contributed by atoms with Crippen LogP contribution in [0.3, 0.4) is 0 Å². The van der Waals surface area contributed by atoms with Crippen molar-refractivity contribution in [3.63, 3.8) is 0 Å². The van der Waals surface area contributed by atoms with Crippen molar-refractivity contribution in [3.8, 4) is 17.0 Å². The maximum absolute atomic E-state index is 9.66. The molecule has 0 aliphatic rings. The molecule has 0 radical (unpaired) electrons. The fourth-order valence-electron chi connectivity index (χ4n) is 1.34. The number of aromatic hydroxyl groups is 1. The monoisotopic (exact) mass is 173 g/mol. The van der Waals surface area contributed by atoms with Crippen LogP contribution in [0.2, 0.25) is 0 Å². The third-order valence-corrected chi connectivity index (χ3v) is 2.11.